The van der Waals surface area contributed by atoms with Gasteiger partial charge in [0.1, 0.15) is 0 Å². The Kier molecular flexibility index (Phi) is 6.04. The van der Waals surface area contributed by atoms with Crippen LogP contribution in [0.15, 0.2) is 47.4 Å². The molecule has 1 aliphatic heterocycles. The number of carbonyl (C=O) groups is 1. The number of carbonyl (C=O) groups excluding carboxylic acids is 1. The van der Waals surface area contributed by atoms with Crippen LogP contribution < -0.4 is 9.80 Å². The number of anilines is 2. The first kappa shape index (κ1) is 22.8. The fourth-order valence-corrected chi connectivity index (χ4v) is 5.97. The second-order valence-electron chi connectivity index (χ2n) is 8.88. The second kappa shape index (κ2) is 8.50. The molecule has 0 aromatic heterocycles. The zero-order chi connectivity index (χ0) is 23.2. The number of hydrogen-bond acceptors (Lipinski definition) is 6. The fraction of sp³-hybridized carbons (Fsp3) is 0.458. The molecule has 1 saturated carbocycles. The molecule has 2 aromatic rings. The lowest BCUT2D eigenvalue weighted by Crippen LogP contribution is -2.53. The van der Waals surface area contributed by atoms with Gasteiger partial charge in [0, 0.05) is 13.5 Å². The van der Waals surface area contributed by atoms with Crippen LogP contribution in [0.2, 0.25) is 0 Å². The van der Waals surface area contributed by atoms with Crippen molar-refractivity contribution in [3.05, 3.63) is 42.5 Å². The minimum Gasteiger partial charge on any atom is -0.351 e. The van der Waals surface area contributed by atoms with Gasteiger partial charge in [0.05, 0.1) is 33.7 Å². The molecule has 32 heavy (non-hydrogen) atoms. The summed E-state index contributed by atoms with van der Waals surface area (Å²) >= 11 is 0. The molecule has 1 amide bonds. The van der Waals surface area contributed by atoms with Gasteiger partial charge in [-0.05, 0) is 69.0 Å². The van der Waals surface area contributed by atoms with E-state index in [0.29, 0.717) is 35.7 Å². The smallest absolute Gasteiger partial charge is 0.238 e. The predicted octanol–water partition coefficient (Wildman–Crippen LogP) is 3.55. The number of nitrogens with zero attached hydrogens (tertiary/aromatic N) is 2. The van der Waals surface area contributed by atoms with E-state index in [1.165, 1.54) is 6.92 Å². The summed E-state index contributed by atoms with van der Waals surface area (Å²) in [6, 6.07) is 12.4. The summed E-state index contributed by atoms with van der Waals surface area (Å²) in [5, 5.41) is 10.5. The Morgan fingerprint density at radius 2 is 1.78 bits per heavy atom. The first-order valence-electron chi connectivity index (χ1n) is 11.0. The molecule has 2 aromatic carbocycles. The maximum Gasteiger partial charge on any atom is 0.238 e. The molecule has 0 radical (unpaired) electrons. The van der Waals surface area contributed by atoms with Crippen LogP contribution in [0, 0.1) is 0 Å². The van der Waals surface area contributed by atoms with Crippen molar-refractivity contribution in [2.45, 2.75) is 69.2 Å². The Labute approximate surface area is 189 Å². The number of fused-ring (bicyclic) bond motifs is 1. The van der Waals surface area contributed by atoms with Gasteiger partial charge in [0.15, 0.2) is 9.84 Å². The number of benzene rings is 2. The predicted molar refractivity (Wildman–Crippen MR) is 124 cm³/mol. The highest BCUT2D eigenvalue weighted by Gasteiger charge is 2.37. The topological polar surface area (TPSA) is 87.2 Å². The third kappa shape index (κ3) is 4.27. The zero-order valence-electron chi connectivity index (χ0n) is 18.9. The highest BCUT2D eigenvalue weighted by molar-refractivity contribution is 7.92. The number of sulfone groups is 1. The maximum absolute atomic E-state index is 12.7. The third-order valence-electron chi connectivity index (χ3n) is 5.90. The quantitative estimate of drug-likeness (QED) is 0.666. The van der Waals surface area contributed by atoms with E-state index in [0.717, 1.165) is 11.1 Å². The molecule has 7 nitrogen and oxygen atoms in total. The third-order valence-corrected chi connectivity index (χ3v) is 8.17. The van der Waals surface area contributed by atoms with Crippen molar-refractivity contribution in [1.82, 2.24) is 0 Å². The molecule has 2 atom stereocenters. The van der Waals surface area contributed by atoms with E-state index in [1.807, 2.05) is 45.0 Å². The number of rotatable bonds is 6. The number of hydrogen-bond donors (Lipinski definition) is 1. The minimum atomic E-state index is -3.30. The van der Waals surface area contributed by atoms with Gasteiger partial charge in [-0.15, -0.1) is 0 Å². The summed E-state index contributed by atoms with van der Waals surface area (Å²) in [4.78, 5) is 16.1. The standard InChI is InChI=1S/C24H30N2O5S/c1-15(2)31-24(28)25-14-16(3)26(17(4)27)22-11-8-19(13-23(22)25)18-6-5-7-21(12-18)32(29,30)20-9-10-20/h5-8,11-13,15-16,20,24,28H,9-10,14H2,1-4H3/t16-,24?/m0/s1. The molecule has 172 valence electrons. The van der Waals surface area contributed by atoms with Crippen molar-refractivity contribution in [2.75, 3.05) is 16.3 Å². The molecular formula is C24H30N2O5S. The van der Waals surface area contributed by atoms with E-state index in [4.69, 9.17) is 4.74 Å². The SMILES string of the molecule is CC(=O)N1c2ccc(-c3cccc(S(=O)(=O)C4CC4)c3)cc2N(C(O)OC(C)C)C[C@@H]1C. The van der Waals surface area contributed by atoms with E-state index in [9.17, 15) is 18.3 Å². The number of aliphatic hydroxyl groups is 1. The lowest BCUT2D eigenvalue weighted by Gasteiger charge is -2.43. The second-order valence-corrected chi connectivity index (χ2v) is 11.1. The van der Waals surface area contributed by atoms with Gasteiger partial charge in [-0.3, -0.25) is 4.79 Å². The monoisotopic (exact) mass is 458 g/mol. The largest absolute Gasteiger partial charge is 0.351 e. The van der Waals surface area contributed by atoms with Crippen LogP contribution in [-0.4, -0.2) is 49.8 Å². The van der Waals surface area contributed by atoms with Crippen molar-refractivity contribution < 1.29 is 23.1 Å². The van der Waals surface area contributed by atoms with Gasteiger partial charge < -0.3 is 19.6 Å². The van der Waals surface area contributed by atoms with Gasteiger partial charge in [0.2, 0.25) is 12.3 Å². The van der Waals surface area contributed by atoms with E-state index < -0.39 is 16.3 Å². The molecule has 0 saturated heterocycles. The molecule has 0 bridgehead atoms. The van der Waals surface area contributed by atoms with Crippen LogP contribution in [0.3, 0.4) is 0 Å². The minimum absolute atomic E-state index is 0.0806. The summed E-state index contributed by atoms with van der Waals surface area (Å²) in [5.74, 6) is -0.0806. The molecule has 8 heteroatoms. The Bertz CT molecular complexity index is 1130. The highest BCUT2D eigenvalue weighted by atomic mass is 32.2. The lowest BCUT2D eigenvalue weighted by atomic mass is 10.0. The Hall–Kier alpha value is -2.42. The molecular weight excluding hydrogens is 428 g/mol. The summed E-state index contributed by atoms with van der Waals surface area (Å²) in [6.07, 6.45) is 0.0876. The van der Waals surface area contributed by atoms with Crippen molar-refractivity contribution >= 4 is 27.1 Å². The average Bonchev–Trinajstić information content (AvgIpc) is 3.58. The van der Waals surface area contributed by atoms with E-state index in [1.54, 1.807) is 28.0 Å². The van der Waals surface area contributed by atoms with Gasteiger partial charge in [-0.25, -0.2) is 8.42 Å². The number of ether oxygens (including phenoxy) is 1. The lowest BCUT2D eigenvalue weighted by molar-refractivity contribution is -0.127. The van der Waals surface area contributed by atoms with Crippen LogP contribution in [0.1, 0.15) is 40.5 Å². The van der Waals surface area contributed by atoms with Crippen molar-refractivity contribution in [3.63, 3.8) is 0 Å². The molecule has 1 heterocycles. The van der Waals surface area contributed by atoms with Gasteiger partial charge in [-0.1, -0.05) is 18.2 Å². The molecule has 1 fully saturated rings. The molecule has 1 unspecified atom stereocenters. The van der Waals surface area contributed by atoms with Gasteiger partial charge in [0.25, 0.3) is 0 Å². The Balaban J connectivity index is 1.78. The zero-order valence-corrected chi connectivity index (χ0v) is 19.7. The van der Waals surface area contributed by atoms with Crippen molar-refractivity contribution in [2.24, 2.45) is 0 Å². The molecule has 4 rings (SSSR count). The summed E-state index contributed by atoms with van der Waals surface area (Å²) < 4.78 is 31.0. The van der Waals surface area contributed by atoms with E-state index in [2.05, 4.69) is 0 Å². The Morgan fingerprint density at radius 1 is 1.09 bits per heavy atom. The van der Waals surface area contributed by atoms with Crippen molar-refractivity contribution in [1.29, 1.82) is 0 Å². The van der Waals surface area contributed by atoms with Crippen LogP contribution in [0.25, 0.3) is 11.1 Å². The summed E-state index contributed by atoms with van der Waals surface area (Å²) in [7, 11) is -3.30. The van der Waals surface area contributed by atoms with Crippen molar-refractivity contribution in [3.8, 4) is 11.1 Å². The highest BCUT2D eigenvalue weighted by Crippen LogP contribution is 2.40. The average molecular weight is 459 g/mol. The Morgan fingerprint density at radius 3 is 2.41 bits per heavy atom. The van der Waals surface area contributed by atoms with Crippen LogP contribution in [0.4, 0.5) is 11.4 Å². The van der Waals surface area contributed by atoms with Gasteiger partial charge >= 0.3 is 0 Å². The number of amides is 1. The molecule has 0 spiro atoms. The van der Waals surface area contributed by atoms with Crippen LogP contribution in [-0.2, 0) is 19.4 Å². The molecule has 1 N–H and O–H groups in total. The van der Waals surface area contributed by atoms with Crippen LogP contribution >= 0.6 is 0 Å². The molecule has 1 aliphatic carbocycles. The first-order valence-corrected chi connectivity index (χ1v) is 12.5. The number of aliphatic hydroxyl groups excluding tert-OH is 1. The first-order chi connectivity index (χ1) is 15.1. The summed E-state index contributed by atoms with van der Waals surface area (Å²) in [6.45, 7) is 7.56. The normalized spacial score (nSPS) is 19.8. The maximum atomic E-state index is 12.7. The summed E-state index contributed by atoms with van der Waals surface area (Å²) in [5.41, 5.74) is 2.92. The van der Waals surface area contributed by atoms with Crippen LogP contribution in [0.5, 0.6) is 0 Å². The molecule has 2 aliphatic rings. The van der Waals surface area contributed by atoms with Gasteiger partial charge in [-0.2, -0.15) is 0 Å². The van der Waals surface area contributed by atoms with E-state index >= 15 is 0 Å². The fourth-order valence-electron chi connectivity index (χ4n) is 4.27. The van der Waals surface area contributed by atoms with E-state index in [-0.39, 0.29) is 23.3 Å².